The van der Waals surface area contributed by atoms with E-state index in [-0.39, 0.29) is 28.0 Å². The Morgan fingerprint density at radius 3 is 2.50 bits per heavy atom. The molecule has 3 rings (SSSR count). The van der Waals surface area contributed by atoms with Gasteiger partial charge in [-0.2, -0.15) is 0 Å². The molecular formula is C22H21ClO6S. The highest BCUT2D eigenvalue weighted by Gasteiger charge is 2.18. The van der Waals surface area contributed by atoms with Gasteiger partial charge in [-0.25, -0.2) is 18.0 Å². The van der Waals surface area contributed by atoms with E-state index >= 15 is 0 Å². The molecule has 0 fully saturated rings. The summed E-state index contributed by atoms with van der Waals surface area (Å²) >= 11 is 6.06. The monoisotopic (exact) mass is 448 g/mol. The van der Waals surface area contributed by atoms with Crippen molar-refractivity contribution in [2.75, 3.05) is 6.26 Å². The minimum absolute atomic E-state index is 0.0401. The van der Waals surface area contributed by atoms with Gasteiger partial charge in [-0.15, -0.1) is 0 Å². The number of sulfone groups is 1. The number of esters is 1. The summed E-state index contributed by atoms with van der Waals surface area (Å²) in [5.74, 6) is -0.530. The third kappa shape index (κ3) is 4.57. The number of fused-ring (bicyclic) bond motifs is 1. The van der Waals surface area contributed by atoms with Crippen LogP contribution in [-0.2, 0) is 21.2 Å². The van der Waals surface area contributed by atoms with Crippen LogP contribution in [0, 0.1) is 6.92 Å². The van der Waals surface area contributed by atoms with E-state index in [0.717, 1.165) is 17.4 Å². The molecule has 3 aromatic rings. The van der Waals surface area contributed by atoms with Gasteiger partial charge < -0.3 is 9.15 Å². The van der Waals surface area contributed by atoms with E-state index in [1.807, 2.05) is 13.0 Å². The number of hydrogen-bond donors (Lipinski definition) is 0. The highest BCUT2D eigenvalue weighted by molar-refractivity contribution is 7.90. The zero-order valence-electron chi connectivity index (χ0n) is 17.0. The number of halogens is 1. The topological polar surface area (TPSA) is 90.7 Å². The first kappa shape index (κ1) is 22.1. The van der Waals surface area contributed by atoms with Crippen LogP contribution in [0.3, 0.4) is 0 Å². The van der Waals surface area contributed by atoms with Crippen molar-refractivity contribution in [3.05, 3.63) is 74.1 Å². The number of hydrogen-bond acceptors (Lipinski definition) is 6. The van der Waals surface area contributed by atoms with E-state index < -0.39 is 21.4 Å². The first-order valence-corrected chi connectivity index (χ1v) is 11.5. The van der Waals surface area contributed by atoms with Crippen molar-refractivity contribution in [2.45, 2.75) is 38.2 Å². The second-order valence-corrected chi connectivity index (χ2v) is 9.86. The summed E-state index contributed by atoms with van der Waals surface area (Å²) in [5, 5.41) is 0.746. The molecule has 30 heavy (non-hydrogen) atoms. The second kappa shape index (κ2) is 8.24. The number of carbonyl (C=O) groups is 1. The van der Waals surface area contributed by atoms with Crippen LogP contribution in [0.4, 0.5) is 0 Å². The van der Waals surface area contributed by atoms with Gasteiger partial charge in [0.15, 0.2) is 9.84 Å². The van der Waals surface area contributed by atoms with Crippen molar-refractivity contribution in [1.29, 1.82) is 0 Å². The maximum Gasteiger partial charge on any atom is 0.340 e. The molecule has 0 aliphatic heterocycles. The molecule has 0 saturated carbocycles. The van der Waals surface area contributed by atoms with Crippen molar-refractivity contribution in [1.82, 2.24) is 0 Å². The fraction of sp³-hybridized carbons (Fsp3) is 0.273. The SMILES string of the molecule is Cc1cc2oc(=O)cc(COC(=O)c3cc(S(C)(=O)=O)ccc3Cl)c2cc1C(C)C. The molecule has 0 unspecified atom stereocenters. The van der Waals surface area contributed by atoms with Gasteiger partial charge in [-0.05, 0) is 54.3 Å². The van der Waals surface area contributed by atoms with Crippen LogP contribution in [0.15, 0.2) is 50.5 Å². The third-order valence-electron chi connectivity index (χ3n) is 4.78. The molecule has 0 spiro atoms. The quantitative estimate of drug-likeness (QED) is 0.417. The molecule has 2 aromatic carbocycles. The number of benzene rings is 2. The van der Waals surface area contributed by atoms with E-state index in [9.17, 15) is 18.0 Å². The molecule has 1 heterocycles. The van der Waals surface area contributed by atoms with Crippen molar-refractivity contribution in [3.63, 3.8) is 0 Å². The molecule has 8 heteroatoms. The van der Waals surface area contributed by atoms with Crippen LogP contribution in [-0.4, -0.2) is 20.6 Å². The van der Waals surface area contributed by atoms with Gasteiger partial charge in [0.2, 0.25) is 0 Å². The maximum atomic E-state index is 12.6. The fourth-order valence-electron chi connectivity index (χ4n) is 3.25. The molecule has 158 valence electrons. The lowest BCUT2D eigenvalue weighted by Crippen LogP contribution is -2.10. The molecular weight excluding hydrogens is 428 g/mol. The lowest BCUT2D eigenvalue weighted by molar-refractivity contribution is 0.0473. The van der Waals surface area contributed by atoms with Gasteiger partial charge in [-0.1, -0.05) is 25.4 Å². The minimum Gasteiger partial charge on any atom is -0.457 e. The summed E-state index contributed by atoms with van der Waals surface area (Å²) in [7, 11) is -3.51. The minimum atomic E-state index is -3.51. The second-order valence-electron chi connectivity index (χ2n) is 7.44. The zero-order valence-corrected chi connectivity index (χ0v) is 18.6. The largest absolute Gasteiger partial charge is 0.457 e. The van der Waals surface area contributed by atoms with E-state index in [4.69, 9.17) is 20.8 Å². The molecule has 0 bridgehead atoms. The number of ether oxygens (including phenoxy) is 1. The molecule has 1 aromatic heterocycles. The lowest BCUT2D eigenvalue weighted by atomic mass is 9.95. The van der Waals surface area contributed by atoms with Gasteiger partial charge in [0, 0.05) is 23.3 Å². The van der Waals surface area contributed by atoms with Crippen molar-refractivity contribution >= 4 is 38.4 Å². The fourth-order valence-corrected chi connectivity index (χ4v) is 4.09. The molecule has 0 radical (unpaired) electrons. The normalized spacial score (nSPS) is 11.8. The van der Waals surface area contributed by atoms with Gasteiger partial charge in [0.25, 0.3) is 0 Å². The summed E-state index contributed by atoms with van der Waals surface area (Å²) in [6.07, 6.45) is 1.04. The Morgan fingerprint density at radius 1 is 1.17 bits per heavy atom. The average Bonchev–Trinajstić information content (AvgIpc) is 2.64. The molecule has 0 saturated heterocycles. The molecule has 0 amide bonds. The number of carbonyl (C=O) groups excluding carboxylic acids is 1. The summed E-state index contributed by atoms with van der Waals surface area (Å²) < 4.78 is 34.2. The van der Waals surface area contributed by atoms with Crippen LogP contribution in [0.5, 0.6) is 0 Å². The van der Waals surface area contributed by atoms with Crippen LogP contribution < -0.4 is 5.63 Å². The Kier molecular flexibility index (Phi) is 6.06. The summed E-state index contributed by atoms with van der Waals surface area (Å²) in [6, 6.07) is 8.84. The highest BCUT2D eigenvalue weighted by atomic mass is 35.5. The smallest absolute Gasteiger partial charge is 0.340 e. The Hall–Kier alpha value is -2.64. The van der Waals surface area contributed by atoms with E-state index in [2.05, 4.69) is 13.8 Å². The van der Waals surface area contributed by atoms with Crippen molar-refractivity contribution in [2.24, 2.45) is 0 Å². The van der Waals surface area contributed by atoms with Gasteiger partial charge >= 0.3 is 11.6 Å². The van der Waals surface area contributed by atoms with Crippen LogP contribution in [0.1, 0.15) is 46.8 Å². The van der Waals surface area contributed by atoms with E-state index in [1.54, 1.807) is 6.07 Å². The highest BCUT2D eigenvalue weighted by Crippen LogP contribution is 2.28. The molecule has 0 aliphatic carbocycles. The van der Waals surface area contributed by atoms with E-state index in [1.165, 1.54) is 24.3 Å². The van der Waals surface area contributed by atoms with Gasteiger partial charge in [0.1, 0.15) is 12.2 Å². The third-order valence-corrected chi connectivity index (χ3v) is 6.22. The Morgan fingerprint density at radius 2 is 1.87 bits per heavy atom. The van der Waals surface area contributed by atoms with Crippen LogP contribution in [0.25, 0.3) is 11.0 Å². The Balaban J connectivity index is 1.97. The number of aryl methyl sites for hydroxylation is 1. The van der Waals surface area contributed by atoms with Crippen LogP contribution >= 0.6 is 11.6 Å². The van der Waals surface area contributed by atoms with Crippen LogP contribution in [0.2, 0.25) is 5.02 Å². The first-order chi connectivity index (χ1) is 14.0. The summed E-state index contributed by atoms with van der Waals surface area (Å²) in [6.45, 7) is 5.87. The standard InChI is InChI=1S/C22H21ClO6S/c1-12(2)16-10-17-14(8-21(24)29-20(17)7-13(16)3)11-28-22(25)18-9-15(30(4,26)27)5-6-19(18)23/h5-10,12H,11H2,1-4H3. The average molecular weight is 449 g/mol. The van der Waals surface area contributed by atoms with Gasteiger partial charge in [0.05, 0.1) is 15.5 Å². The Labute approximate surface area is 179 Å². The van der Waals surface area contributed by atoms with Gasteiger partial charge in [-0.3, -0.25) is 0 Å². The first-order valence-electron chi connectivity index (χ1n) is 9.21. The number of rotatable bonds is 5. The van der Waals surface area contributed by atoms with E-state index in [0.29, 0.717) is 16.5 Å². The summed E-state index contributed by atoms with van der Waals surface area (Å²) in [5.41, 5.74) is 2.37. The Bertz CT molecular complexity index is 1310. The predicted octanol–water partition coefficient (Wildman–Crippen LogP) is 4.64. The zero-order chi connectivity index (χ0) is 22.2. The molecule has 0 N–H and O–H groups in total. The molecule has 0 atom stereocenters. The van der Waals surface area contributed by atoms with Crippen molar-refractivity contribution < 1.29 is 22.4 Å². The summed E-state index contributed by atoms with van der Waals surface area (Å²) in [4.78, 5) is 24.5. The molecule has 6 nitrogen and oxygen atoms in total. The molecule has 0 aliphatic rings. The predicted molar refractivity (Wildman–Crippen MR) is 115 cm³/mol. The maximum absolute atomic E-state index is 12.6. The van der Waals surface area contributed by atoms with Crippen molar-refractivity contribution in [3.8, 4) is 0 Å². The lowest BCUT2D eigenvalue weighted by Gasteiger charge is -2.13.